The van der Waals surface area contributed by atoms with Crippen LogP contribution in [-0.4, -0.2) is 16.9 Å². The highest BCUT2D eigenvalue weighted by molar-refractivity contribution is 5.94. The number of aryl methyl sites for hydroxylation is 1. The molecule has 0 aliphatic heterocycles. The SMILES string of the molecule is CC(CCc1ccco1)NC(=O)c1ccc(-c2ccccc2)[nH]c1=O. The lowest BCUT2D eigenvalue weighted by molar-refractivity contribution is 0.0936. The van der Waals surface area contributed by atoms with Crippen molar-refractivity contribution in [3.8, 4) is 11.3 Å². The average Bonchev–Trinajstić information content (AvgIpc) is 3.14. The maximum atomic E-state index is 12.3. The first-order chi connectivity index (χ1) is 12.1. The minimum atomic E-state index is -0.392. The predicted octanol–water partition coefficient (Wildman–Crippen LogP) is 3.39. The number of hydrogen-bond acceptors (Lipinski definition) is 3. The average molecular weight is 336 g/mol. The van der Waals surface area contributed by atoms with E-state index in [0.717, 1.165) is 24.2 Å². The van der Waals surface area contributed by atoms with Crippen molar-refractivity contribution in [3.63, 3.8) is 0 Å². The molecule has 0 saturated carbocycles. The minimum absolute atomic E-state index is 0.0641. The van der Waals surface area contributed by atoms with E-state index in [2.05, 4.69) is 10.3 Å². The Labute approximate surface area is 145 Å². The third kappa shape index (κ3) is 4.26. The van der Waals surface area contributed by atoms with Crippen molar-refractivity contribution in [1.29, 1.82) is 0 Å². The fourth-order valence-corrected chi connectivity index (χ4v) is 2.63. The molecule has 25 heavy (non-hydrogen) atoms. The Morgan fingerprint density at radius 1 is 1.12 bits per heavy atom. The van der Waals surface area contributed by atoms with Crippen LogP contribution >= 0.6 is 0 Å². The Hall–Kier alpha value is -3.08. The molecule has 3 rings (SSSR count). The van der Waals surface area contributed by atoms with E-state index >= 15 is 0 Å². The fourth-order valence-electron chi connectivity index (χ4n) is 2.63. The molecule has 1 aromatic carbocycles. The summed E-state index contributed by atoms with van der Waals surface area (Å²) in [5.74, 6) is 0.513. The zero-order valence-corrected chi connectivity index (χ0v) is 14.0. The standard InChI is InChI=1S/C20H20N2O3/c1-14(9-10-16-8-5-13-25-16)21-19(23)17-11-12-18(22-20(17)24)15-6-3-2-4-7-15/h2-8,11-14H,9-10H2,1H3,(H,21,23)(H,22,24). The van der Waals surface area contributed by atoms with Crippen molar-refractivity contribution in [3.05, 3.63) is 82.5 Å². The molecule has 1 atom stereocenters. The van der Waals surface area contributed by atoms with Crippen molar-refractivity contribution in [2.75, 3.05) is 0 Å². The lowest BCUT2D eigenvalue weighted by atomic mass is 10.1. The molecule has 1 amide bonds. The van der Waals surface area contributed by atoms with Gasteiger partial charge in [-0.2, -0.15) is 0 Å². The normalized spacial score (nSPS) is 11.9. The Morgan fingerprint density at radius 3 is 2.60 bits per heavy atom. The van der Waals surface area contributed by atoms with Crippen molar-refractivity contribution in [2.45, 2.75) is 25.8 Å². The van der Waals surface area contributed by atoms with Crippen LogP contribution in [0.1, 0.15) is 29.5 Å². The van der Waals surface area contributed by atoms with Crippen LogP contribution in [0.4, 0.5) is 0 Å². The molecule has 5 nitrogen and oxygen atoms in total. The summed E-state index contributed by atoms with van der Waals surface area (Å²) < 4.78 is 5.28. The molecule has 2 aromatic heterocycles. The van der Waals surface area contributed by atoms with E-state index in [1.54, 1.807) is 18.4 Å². The van der Waals surface area contributed by atoms with E-state index in [0.29, 0.717) is 5.69 Å². The lowest BCUT2D eigenvalue weighted by Crippen LogP contribution is -2.36. The molecule has 1 unspecified atom stereocenters. The summed E-state index contributed by atoms with van der Waals surface area (Å²) in [6.45, 7) is 1.91. The van der Waals surface area contributed by atoms with Crippen LogP contribution in [0.2, 0.25) is 0 Å². The zero-order valence-electron chi connectivity index (χ0n) is 14.0. The molecule has 0 fully saturated rings. The number of H-pyrrole nitrogens is 1. The van der Waals surface area contributed by atoms with Gasteiger partial charge in [-0.05, 0) is 43.2 Å². The summed E-state index contributed by atoms with van der Waals surface area (Å²) in [6.07, 6.45) is 3.10. The first-order valence-corrected chi connectivity index (χ1v) is 8.25. The molecule has 0 aliphatic rings. The van der Waals surface area contributed by atoms with Gasteiger partial charge >= 0.3 is 0 Å². The van der Waals surface area contributed by atoms with Crippen LogP contribution in [0.15, 0.2) is 70.1 Å². The molecule has 2 N–H and O–H groups in total. The third-order valence-electron chi connectivity index (χ3n) is 4.02. The summed E-state index contributed by atoms with van der Waals surface area (Å²) in [4.78, 5) is 27.3. The molecular formula is C20H20N2O3. The number of rotatable bonds is 6. The van der Waals surface area contributed by atoms with Gasteiger partial charge < -0.3 is 14.7 Å². The van der Waals surface area contributed by atoms with Crippen LogP contribution in [0.5, 0.6) is 0 Å². The monoisotopic (exact) mass is 336 g/mol. The molecule has 0 radical (unpaired) electrons. The first kappa shape index (κ1) is 16.8. The van der Waals surface area contributed by atoms with Crippen molar-refractivity contribution >= 4 is 5.91 Å². The van der Waals surface area contributed by atoms with E-state index in [1.165, 1.54) is 0 Å². The van der Waals surface area contributed by atoms with Crippen LogP contribution in [0, 0.1) is 0 Å². The van der Waals surface area contributed by atoms with Gasteiger partial charge in [0.15, 0.2) is 0 Å². The number of carbonyl (C=O) groups excluding carboxylic acids is 1. The highest BCUT2D eigenvalue weighted by Crippen LogP contribution is 2.14. The molecule has 5 heteroatoms. The van der Waals surface area contributed by atoms with Gasteiger partial charge in [0.2, 0.25) is 0 Å². The Bertz CT molecular complexity index is 883. The van der Waals surface area contributed by atoms with Crippen LogP contribution in [0.25, 0.3) is 11.3 Å². The number of furan rings is 1. The molecule has 3 aromatic rings. The highest BCUT2D eigenvalue weighted by atomic mass is 16.3. The van der Waals surface area contributed by atoms with E-state index in [-0.39, 0.29) is 17.5 Å². The number of carbonyl (C=O) groups is 1. The number of benzene rings is 1. The van der Waals surface area contributed by atoms with Crippen molar-refractivity contribution in [1.82, 2.24) is 10.3 Å². The van der Waals surface area contributed by atoms with Gasteiger partial charge in [-0.25, -0.2) is 0 Å². The second-order valence-corrected chi connectivity index (χ2v) is 5.97. The molecule has 128 valence electrons. The number of pyridine rings is 1. The van der Waals surface area contributed by atoms with Crippen molar-refractivity contribution < 1.29 is 9.21 Å². The largest absolute Gasteiger partial charge is 0.469 e. The van der Waals surface area contributed by atoms with Gasteiger partial charge in [-0.1, -0.05) is 30.3 Å². The maximum absolute atomic E-state index is 12.3. The van der Waals surface area contributed by atoms with Gasteiger partial charge in [0.05, 0.1) is 6.26 Å². The number of aromatic nitrogens is 1. The number of aromatic amines is 1. The molecule has 0 aliphatic carbocycles. The molecule has 2 heterocycles. The summed E-state index contributed by atoms with van der Waals surface area (Å²) in [7, 11) is 0. The summed E-state index contributed by atoms with van der Waals surface area (Å²) >= 11 is 0. The maximum Gasteiger partial charge on any atom is 0.261 e. The molecular weight excluding hydrogens is 316 g/mol. The Kier molecular flexibility index (Phi) is 5.14. The smallest absolute Gasteiger partial charge is 0.261 e. The van der Waals surface area contributed by atoms with Gasteiger partial charge in [-0.15, -0.1) is 0 Å². The van der Waals surface area contributed by atoms with Crippen molar-refractivity contribution in [2.24, 2.45) is 0 Å². The summed E-state index contributed by atoms with van der Waals surface area (Å²) in [5, 5.41) is 2.86. The van der Waals surface area contributed by atoms with Crippen LogP contribution in [-0.2, 0) is 6.42 Å². The number of nitrogens with one attached hydrogen (secondary N) is 2. The number of amides is 1. The summed E-state index contributed by atoms with van der Waals surface area (Å²) in [6, 6.07) is 16.5. The fraction of sp³-hybridized carbons (Fsp3) is 0.200. The van der Waals surface area contributed by atoms with E-state index in [1.807, 2.05) is 49.4 Å². The van der Waals surface area contributed by atoms with E-state index in [4.69, 9.17) is 4.42 Å². The molecule has 0 spiro atoms. The van der Waals surface area contributed by atoms with Gasteiger partial charge in [-0.3, -0.25) is 9.59 Å². The van der Waals surface area contributed by atoms with Gasteiger partial charge in [0, 0.05) is 18.2 Å². The Morgan fingerprint density at radius 2 is 1.92 bits per heavy atom. The minimum Gasteiger partial charge on any atom is -0.469 e. The molecule has 0 bridgehead atoms. The van der Waals surface area contributed by atoms with E-state index in [9.17, 15) is 9.59 Å². The predicted molar refractivity (Wildman–Crippen MR) is 96.5 cm³/mol. The lowest BCUT2D eigenvalue weighted by Gasteiger charge is -2.13. The number of hydrogen-bond donors (Lipinski definition) is 2. The first-order valence-electron chi connectivity index (χ1n) is 8.25. The Balaban J connectivity index is 1.65. The molecule has 0 saturated heterocycles. The zero-order chi connectivity index (χ0) is 17.6. The third-order valence-corrected chi connectivity index (χ3v) is 4.02. The van der Waals surface area contributed by atoms with E-state index < -0.39 is 5.56 Å². The second-order valence-electron chi connectivity index (χ2n) is 5.97. The van der Waals surface area contributed by atoms with Crippen LogP contribution < -0.4 is 10.9 Å². The highest BCUT2D eigenvalue weighted by Gasteiger charge is 2.14. The topological polar surface area (TPSA) is 75.1 Å². The van der Waals surface area contributed by atoms with Gasteiger partial charge in [0.25, 0.3) is 11.5 Å². The van der Waals surface area contributed by atoms with Crippen LogP contribution in [0.3, 0.4) is 0 Å². The van der Waals surface area contributed by atoms with Gasteiger partial charge in [0.1, 0.15) is 11.3 Å². The quantitative estimate of drug-likeness (QED) is 0.724. The second kappa shape index (κ2) is 7.66. The summed E-state index contributed by atoms with van der Waals surface area (Å²) in [5.41, 5.74) is 1.31.